The van der Waals surface area contributed by atoms with Crippen molar-refractivity contribution < 1.29 is 14.1 Å². The van der Waals surface area contributed by atoms with Gasteiger partial charge in [-0.15, -0.1) is 0 Å². The predicted molar refractivity (Wildman–Crippen MR) is 78.1 cm³/mol. The van der Waals surface area contributed by atoms with Gasteiger partial charge in [0, 0.05) is 23.9 Å². The average molecular weight is 290 g/mol. The molecular formula is C15H15FN2O3. The van der Waals surface area contributed by atoms with Gasteiger partial charge < -0.3 is 10.1 Å². The Hall–Kier alpha value is -2.63. The molecule has 110 valence electrons. The molecule has 2 aromatic carbocycles. The van der Waals surface area contributed by atoms with E-state index in [2.05, 4.69) is 5.32 Å². The molecule has 0 aromatic heterocycles. The molecule has 0 saturated carbocycles. The second kappa shape index (κ2) is 6.21. The Morgan fingerprint density at radius 1 is 1.24 bits per heavy atom. The summed E-state index contributed by atoms with van der Waals surface area (Å²) in [6.45, 7) is 1.92. The Morgan fingerprint density at radius 3 is 2.43 bits per heavy atom. The highest BCUT2D eigenvalue weighted by Crippen LogP contribution is 2.25. The van der Waals surface area contributed by atoms with Crippen molar-refractivity contribution in [1.29, 1.82) is 0 Å². The molecule has 0 aliphatic carbocycles. The Labute approximate surface area is 121 Å². The molecule has 6 heteroatoms. The van der Waals surface area contributed by atoms with E-state index in [0.29, 0.717) is 5.69 Å². The van der Waals surface area contributed by atoms with Crippen LogP contribution in [0.4, 0.5) is 15.8 Å². The Morgan fingerprint density at radius 2 is 1.90 bits per heavy atom. The van der Waals surface area contributed by atoms with Crippen LogP contribution in [0.5, 0.6) is 5.75 Å². The normalized spacial score (nSPS) is 11.8. The lowest BCUT2D eigenvalue weighted by Gasteiger charge is -2.16. The second-order valence-corrected chi connectivity index (χ2v) is 4.56. The molecule has 0 fully saturated rings. The maximum absolute atomic E-state index is 13.6. The molecule has 0 radical (unpaired) electrons. The van der Waals surface area contributed by atoms with Crippen LogP contribution < -0.4 is 10.1 Å². The van der Waals surface area contributed by atoms with Gasteiger partial charge in [0.15, 0.2) is 0 Å². The summed E-state index contributed by atoms with van der Waals surface area (Å²) in [5.74, 6) is -0.0979. The smallest absolute Gasteiger partial charge is 0.304 e. The van der Waals surface area contributed by atoms with E-state index in [9.17, 15) is 14.5 Å². The van der Waals surface area contributed by atoms with Crippen molar-refractivity contribution in [1.82, 2.24) is 0 Å². The summed E-state index contributed by atoms with van der Waals surface area (Å²) in [6.07, 6.45) is 0. The lowest BCUT2D eigenvalue weighted by Crippen LogP contribution is -2.07. The van der Waals surface area contributed by atoms with E-state index in [1.807, 2.05) is 31.2 Å². The minimum atomic E-state index is -0.855. The van der Waals surface area contributed by atoms with E-state index < -0.39 is 16.4 Å². The third-order valence-corrected chi connectivity index (χ3v) is 3.14. The van der Waals surface area contributed by atoms with Gasteiger partial charge in [0.1, 0.15) is 5.75 Å². The zero-order chi connectivity index (χ0) is 15.4. The molecule has 0 spiro atoms. The number of nitrogens with zero attached hydrogens (tertiary/aromatic N) is 1. The first-order valence-electron chi connectivity index (χ1n) is 6.35. The number of hydrogen-bond acceptors (Lipinski definition) is 4. The fourth-order valence-corrected chi connectivity index (χ4v) is 1.97. The van der Waals surface area contributed by atoms with Crippen LogP contribution in [0, 0.1) is 15.9 Å². The molecule has 0 bridgehead atoms. The first-order valence-corrected chi connectivity index (χ1v) is 6.35. The topological polar surface area (TPSA) is 64.4 Å². The van der Waals surface area contributed by atoms with Crippen LogP contribution >= 0.6 is 0 Å². The quantitative estimate of drug-likeness (QED) is 0.669. The highest BCUT2D eigenvalue weighted by molar-refractivity contribution is 5.51. The van der Waals surface area contributed by atoms with Gasteiger partial charge in [-0.2, -0.15) is 4.39 Å². The zero-order valence-corrected chi connectivity index (χ0v) is 11.7. The van der Waals surface area contributed by atoms with E-state index in [0.717, 1.165) is 23.4 Å². The molecule has 0 amide bonds. The molecule has 1 N–H and O–H groups in total. The molecular weight excluding hydrogens is 275 g/mol. The van der Waals surface area contributed by atoms with Crippen molar-refractivity contribution in [2.24, 2.45) is 0 Å². The molecule has 0 aliphatic heterocycles. The summed E-state index contributed by atoms with van der Waals surface area (Å²) in [5.41, 5.74) is 0.952. The number of nitrogens with one attached hydrogen (secondary N) is 1. The number of hydrogen-bond donors (Lipinski definition) is 1. The Kier molecular flexibility index (Phi) is 4.37. The summed E-state index contributed by atoms with van der Waals surface area (Å²) in [7, 11) is 1.59. The maximum Gasteiger partial charge on any atom is 0.304 e. The molecule has 0 aliphatic rings. The number of ether oxygens (including phenoxy) is 1. The van der Waals surface area contributed by atoms with Gasteiger partial charge in [0.05, 0.1) is 12.0 Å². The van der Waals surface area contributed by atoms with Crippen molar-refractivity contribution in [2.45, 2.75) is 13.0 Å². The van der Waals surface area contributed by atoms with E-state index >= 15 is 0 Å². The van der Waals surface area contributed by atoms with Gasteiger partial charge in [0.2, 0.25) is 5.82 Å². The summed E-state index contributed by atoms with van der Waals surface area (Å²) in [5, 5.41) is 13.7. The van der Waals surface area contributed by atoms with Crippen molar-refractivity contribution in [3.05, 3.63) is 64.0 Å². The third kappa shape index (κ3) is 3.47. The van der Waals surface area contributed by atoms with Gasteiger partial charge in [-0.05, 0) is 30.7 Å². The summed E-state index contributed by atoms with van der Waals surface area (Å²) >= 11 is 0. The van der Waals surface area contributed by atoms with Crippen LogP contribution in [-0.2, 0) is 0 Å². The monoisotopic (exact) mass is 290 g/mol. The van der Waals surface area contributed by atoms with Gasteiger partial charge in [-0.1, -0.05) is 12.1 Å². The van der Waals surface area contributed by atoms with Crippen LogP contribution in [0.1, 0.15) is 18.5 Å². The predicted octanol–water partition coefficient (Wildman–Crippen LogP) is 3.92. The standard InChI is InChI=1S/C15H15FN2O3/c1-10(11-3-6-13(21-2)7-4-11)17-12-5-8-15(18(19)20)14(16)9-12/h3-10,17H,1-2H3. The molecule has 21 heavy (non-hydrogen) atoms. The van der Waals surface area contributed by atoms with Crippen LogP contribution in [0.15, 0.2) is 42.5 Å². The van der Waals surface area contributed by atoms with Crippen molar-refractivity contribution in [3.63, 3.8) is 0 Å². The van der Waals surface area contributed by atoms with E-state index in [4.69, 9.17) is 4.74 Å². The fraction of sp³-hybridized carbons (Fsp3) is 0.200. The number of benzene rings is 2. The van der Waals surface area contributed by atoms with Gasteiger partial charge >= 0.3 is 5.69 Å². The molecule has 1 unspecified atom stereocenters. The number of nitro groups is 1. The lowest BCUT2D eigenvalue weighted by atomic mass is 10.1. The summed E-state index contributed by atoms with van der Waals surface area (Å²) in [4.78, 5) is 9.83. The molecule has 2 aromatic rings. The number of rotatable bonds is 5. The van der Waals surface area contributed by atoms with Gasteiger partial charge in [-0.3, -0.25) is 10.1 Å². The largest absolute Gasteiger partial charge is 0.497 e. The molecule has 0 heterocycles. The van der Waals surface area contributed by atoms with Gasteiger partial charge in [0.25, 0.3) is 0 Å². The van der Waals surface area contributed by atoms with Crippen molar-refractivity contribution in [3.8, 4) is 5.75 Å². The van der Waals surface area contributed by atoms with Crippen molar-refractivity contribution in [2.75, 3.05) is 12.4 Å². The van der Waals surface area contributed by atoms with Crippen molar-refractivity contribution >= 4 is 11.4 Å². The lowest BCUT2D eigenvalue weighted by molar-refractivity contribution is -0.387. The number of anilines is 1. The first-order chi connectivity index (χ1) is 10.0. The third-order valence-electron chi connectivity index (χ3n) is 3.14. The van der Waals surface area contributed by atoms with Crippen LogP contribution in [0.3, 0.4) is 0 Å². The summed E-state index contributed by atoms with van der Waals surface area (Å²) < 4.78 is 18.6. The second-order valence-electron chi connectivity index (χ2n) is 4.56. The van der Waals surface area contributed by atoms with E-state index in [-0.39, 0.29) is 6.04 Å². The van der Waals surface area contributed by atoms with Crippen LogP contribution in [0.2, 0.25) is 0 Å². The number of halogens is 1. The van der Waals surface area contributed by atoms with E-state index in [1.165, 1.54) is 6.07 Å². The summed E-state index contributed by atoms with van der Waals surface area (Å²) in [6, 6.07) is 11.2. The molecule has 2 rings (SSSR count). The Balaban J connectivity index is 2.13. The zero-order valence-electron chi connectivity index (χ0n) is 11.7. The minimum absolute atomic E-state index is 0.0724. The number of methoxy groups -OCH3 is 1. The highest BCUT2D eigenvalue weighted by atomic mass is 19.1. The van der Waals surface area contributed by atoms with Crippen LogP contribution in [0.25, 0.3) is 0 Å². The fourth-order valence-electron chi connectivity index (χ4n) is 1.97. The SMILES string of the molecule is COc1ccc(C(C)Nc2ccc([N+](=O)[O-])c(F)c2)cc1. The molecule has 0 saturated heterocycles. The average Bonchev–Trinajstić information content (AvgIpc) is 2.47. The highest BCUT2D eigenvalue weighted by Gasteiger charge is 2.14. The minimum Gasteiger partial charge on any atom is -0.497 e. The van der Waals surface area contributed by atoms with Gasteiger partial charge in [-0.25, -0.2) is 0 Å². The molecule has 1 atom stereocenters. The maximum atomic E-state index is 13.6. The number of nitro benzene ring substituents is 1. The van der Waals surface area contributed by atoms with Crippen LogP contribution in [-0.4, -0.2) is 12.0 Å². The Bertz CT molecular complexity index is 644. The first kappa shape index (κ1) is 14.8. The molecule has 5 nitrogen and oxygen atoms in total. The van der Waals surface area contributed by atoms with E-state index in [1.54, 1.807) is 7.11 Å².